The number of H-pyrrole nitrogens is 1. The standard InChI is InChI=1S/C6H8BrN3O2/c1-12-6(11)5-4(7)3(2-8)9-10-5/h2,8H2,1H3,(H,9,10). The average molecular weight is 234 g/mol. The summed E-state index contributed by atoms with van der Waals surface area (Å²) >= 11 is 3.18. The molecule has 0 amide bonds. The number of hydrogen-bond donors (Lipinski definition) is 2. The van der Waals surface area contributed by atoms with E-state index in [0.29, 0.717) is 16.7 Å². The molecule has 66 valence electrons. The van der Waals surface area contributed by atoms with Gasteiger partial charge in [-0.1, -0.05) is 0 Å². The number of nitrogens with zero attached hydrogens (tertiary/aromatic N) is 1. The molecule has 12 heavy (non-hydrogen) atoms. The first-order chi connectivity index (χ1) is 5.70. The van der Waals surface area contributed by atoms with Crippen molar-refractivity contribution < 1.29 is 9.53 Å². The Morgan fingerprint density at radius 2 is 2.50 bits per heavy atom. The largest absolute Gasteiger partial charge is 0.464 e. The van der Waals surface area contributed by atoms with Crippen LogP contribution in [-0.2, 0) is 11.3 Å². The second kappa shape index (κ2) is 3.68. The van der Waals surface area contributed by atoms with E-state index in [9.17, 15) is 4.79 Å². The van der Waals surface area contributed by atoms with Crippen LogP contribution in [-0.4, -0.2) is 23.3 Å². The van der Waals surface area contributed by atoms with Crippen LogP contribution in [0, 0.1) is 0 Å². The van der Waals surface area contributed by atoms with Crippen molar-refractivity contribution in [3.05, 3.63) is 15.9 Å². The number of aromatic amines is 1. The van der Waals surface area contributed by atoms with Crippen LogP contribution in [0.25, 0.3) is 0 Å². The van der Waals surface area contributed by atoms with Gasteiger partial charge in [-0.2, -0.15) is 5.10 Å². The van der Waals surface area contributed by atoms with Gasteiger partial charge in [-0.3, -0.25) is 5.10 Å². The van der Waals surface area contributed by atoms with Crippen LogP contribution in [0.2, 0.25) is 0 Å². The highest BCUT2D eigenvalue weighted by atomic mass is 79.9. The highest BCUT2D eigenvalue weighted by molar-refractivity contribution is 9.10. The SMILES string of the molecule is COC(=O)c1n[nH]c(CN)c1Br. The molecule has 0 aromatic carbocycles. The molecule has 0 bridgehead atoms. The number of esters is 1. The number of halogens is 1. The third kappa shape index (κ3) is 1.49. The molecule has 0 aliphatic heterocycles. The number of carbonyl (C=O) groups excluding carboxylic acids is 1. The van der Waals surface area contributed by atoms with Crippen molar-refractivity contribution in [2.45, 2.75) is 6.54 Å². The Balaban J connectivity index is 3.02. The van der Waals surface area contributed by atoms with Gasteiger partial charge in [0.25, 0.3) is 0 Å². The van der Waals surface area contributed by atoms with Crippen LogP contribution in [0.4, 0.5) is 0 Å². The second-order valence-corrected chi connectivity index (χ2v) is 2.85. The Hall–Kier alpha value is -0.880. The van der Waals surface area contributed by atoms with E-state index in [4.69, 9.17) is 5.73 Å². The van der Waals surface area contributed by atoms with E-state index in [2.05, 4.69) is 30.9 Å². The average Bonchev–Trinajstić information content (AvgIpc) is 2.45. The van der Waals surface area contributed by atoms with E-state index in [-0.39, 0.29) is 5.69 Å². The van der Waals surface area contributed by atoms with Crippen molar-refractivity contribution in [2.24, 2.45) is 5.73 Å². The maximum atomic E-state index is 11.0. The summed E-state index contributed by atoms with van der Waals surface area (Å²) in [5.74, 6) is -0.488. The number of methoxy groups -OCH3 is 1. The predicted octanol–water partition coefficient (Wildman–Crippen LogP) is 0.418. The van der Waals surface area contributed by atoms with Gasteiger partial charge in [0.2, 0.25) is 0 Å². The summed E-state index contributed by atoms with van der Waals surface area (Å²) < 4.78 is 5.05. The van der Waals surface area contributed by atoms with Gasteiger partial charge in [0.15, 0.2) is 5.69 Å². The van der Waals surface area contributed by atoms with Crippen molar-refractivity contribution in [2.75, 3.05) is 7.11 Å². The van der Waals surface area contributed by atoms with E-state index in [0.717, 1.165) is 0 Å². The van der Waals surface area contributed by atoms with Crippen LogP contribution in [0.5, 0.6) is 0 Å². The normalized spacial score (nSPS) is 9.92. The molecule has 0 spiro atoms. The first-order valence-electron chi connectivity index (χ1n) is 3.21. The lowest BCUT2D eigenvalue weighted by Crippen LogP contribution is -2.02. The molecule has 0 fully saturated rings. The van der Waals surface area contributed by atoms with Gasteiger partial charge in [-0.15, -0.1) is 0 Å². The molecule has 1 rings (SSSR count). The van der Waals surface area contributed by atoms with Crippen LogP contribution in [0.3, 0.4) is 0 Å². The molecular formula is C6H8BrN3O2. The molecule has 1 heterocycles. The van der Waals surface area contributed by atoms with Crippen molar-refractivity contribution in [1.29, 1.82) is 0 Å². The number of ether oxygens (including phenoxy) is 1. The Labute approximate surface area is 77.4 Å². The Kier molecular flexibility index (Phi) is 2.83. The van der Waals surface area contributed by atoms with Gasteiger partial charge in [-0.05, 0) is 15.9 Å². The summed E-state index contributed by atoms with van der Waals surface area (Å²) in [5.41, 5.74) is 6.25. The van der Waals surface area contributed by atoms with E-state index in [1.165, 1.54) is 7.11 Å². The zero-order valence-electron chi connectivity index (χ0n) is 6.43. The number of hydrogen-bond acceptors (Lipinski definition) is 4. The van der Waals surface area contributed by atoms with Crippen molar-refractivity contribution in [3.8, 4) is 0 Å². The minimum absolute atomic E-state index is 0.220. The third-order valence-electron chi connectivity index (χ3n) is 1.36. The summed E-state index contributed by atoms with van der Waals surface area (Å²) in [6, 6.07) is 0. The maximum absolute atomic E-state index is 11.0. The van der Waals surface area contributed by atoms with E-state index >= 15 is 0 Å². The number of aromatic nitrogens is 2. The summed E-state index contributed by atoms with van der Waals surface area (Å²) in [7, 11) is 1.30. The quantitative estimate of drug-likeness (QED) is 0.726. The lowest BCUT2D eigenvalue weighted by atomic mass is 10.3. The van der Waals surface area contributed by atoms with Gasteiger partial charge in [0.1, 0.15) is 0 Å². The van der Waals surface area contributed by atoms with Crippen molar-refractivity contribution in [1.82, 2.24) is 10.2 Å². The van der Waals surface area contributed by atoms with E-state index in [1.54, 1.807) is 0 Å². The first-order valence-corrected chi connectivity index (χ1v) is 4.01. The zero-order chi connectivity index (χ0) is 9.14. The Morgan fingerprint density at radius 1 is 1.83 bits per heavy atom. The molecule has 0 saturated carbocycles. The van der Waals surface area contributed by atoms with Gasteiger partial charge in [0, 0.05) is 6.54 Å². The molecule has 3 N–H and O–H groups in total. The van der Waals surface area contributed by atoms with Crippen LogP contribution in [0.1, 0.15) is 16.2 Å². The predicted molar refractivity (Wildman–Crippen MR) is 45.5 cm³/mol. The number of nitrogens with one attached hydrogen (secondary N) is 1. The maximum Gasteiger partial charge on any atom is 0.359 e. The molecule has 0 unspecified atom stereocenters. The minimum atomic E-state index is -0.488. The third-order valence-corrected chi connectivity index (χ3v) is 2.21. The Bertz CT molecular complexity index is 297. The summed E-state index contributed by atoms with van der Waals surface area (Å²) in [6.45, 7) is 0.296. The van der Waals surface area contributed by atoms with E-state index in [1.807, 2.05) is 0 Å². The fraction of sp³-hybridized carbons (Fsp3) is 0.333. The molecule has 0 saturated heterocycles. The summed E-state index contributed by atoms with van der Waals surface area (Å²) in [5, 5.41) is 6.35. The number of carbonyl (C=O) groups is 1. The fourth-order valence-electron chi connectivity index (χ4n) is 0.732. The number of nitrogens with two attached hydrogens (primary N) is 1. The van der Waals surface area contributed by atoms with Gasteiger partial charge in [-0.25, -0.2) is 4.79 Å². The highest BCUT2D eigenvalue weighted by Gasteiger charge is 2.16. The monoisotopic (exact) mass is 233 g/mol. The summed E-state index contributed by atoms with van der Waals surface area (Å²) in [6.07, 6.45) is 0. The van der Waals surface area contributed by atoms with Gasteiger partial charge in [0.05, 0.1) is 17.3 Å². The van der Waals surface area contributed by atoms with Gasteiger partial charge < -0.3 is 10.5 Å². The van der Waals surface area contributed by atoms with E-state index < -0.39 is 5.97 Å². The smallest absolute Gasteiger partial charge is 0.359 e. The lowest BCUT2D eigenvalue weighted by molar-refractivity contribution is 0.0593. The minimum Gasteiger partial charge on any atom is -0.464 e. The second-order valence-electron chi connectivity index (χ2n) is 2.06. The first kappa shape index (κ1) is 9.21. The topological polar surface area (TPSA) is 81.0 Å². The zero-order valence-corrected chi connectivity index (χ0v) is 8.01. The molecule has 1 aromatic heterocycles. The van der Waals surface area contributed by atoms with Crippen LogP contribution in [0.15, 0.2) is 4.47 Å². The molecule has 0 radical (unpaired) electrons. The fourth-order valence-corrected chi connectivity index (χ4v) is 1.23. The van der Waals surface area contributed by atoms with Crippen molar-refractivity contribution in [3.63, 3.8) is 0 Å². The highest BCUT2D eigenvalue weighted by Crippen LogP contribution is 2.18. The molecule has 5 nitrogen and oxygen atoms in total. The van der Waals surface area contributed by atoms with Gasteiger partial charge >= 0.3 is 5.97 Å². The molecule has 1 aromatic rings. The van der Waals surface area contributed by atoms with Crippen LogP contribution < -0.4 is 5.73 Å². The lowest BCUT2D eigenvalue weighted by Gasteiger charge is -1.93. The molecular weight excluding hydrogens is 226 g/mol. The molecule has 0 aliphatic rings. The molecule has 0 atom stereocenters. The molecule has 0 aliphatic carbocycles. The molecule has 6 heteroatoms. The number of rotatable bonds is 2. The van der Waals surface area contributed by atoms with Crippen molar-refractivity contribution >= 4 is 21.9 Å². The Morgan fingerprint density at radius 3 is 2.92 bits per heavy atom. The summed E-state index contributed by atoms with van der Waals surface area (Å²) in [4.78, 5) is 11.0. The van der Waals surface area contributed by atoms with Crippen LogP contribution >= 0.6 is 15.9 Å².